The van der Waals surface area contributed by atoms with E-state index in [9.17, 15) is 4.79 Å². The highest BCUT2D eigenvalue weighted by Crippen LogP contribution is 2.34. The summed E-state index contributed by atoms with van der Waals surface area (Å²) in [6.07, 6.45) is 0. The van der Waals surface area contributed by atoms with Crippen LogP contribution in [0.5, 0.6) is 17.2 Å². The van der Waals surface area contributed by atoms with Gasteiger partial charge in [-0.1, -0.05) is 18.2 Å². The Morgan fingerprint density at radius 1 is 1.07 bits per heavy atom. The van der Waals surface area contributed by atoms with Crippen LogP contribution in [0.2, 0.25) is 0 Å². The minimum Gasteiger partial charge on any atom is -0.496 e. The maximum absolute atomic E-state index is 12.4. The molecule has 0 atom stereocenters. The summed E-state index contributed by atoms with van der Waals surface area (Å²) >= 11 is 0. The number of carbonyl (C=O) groups excluding carboxylic acids is 1. The van der Waals surface area contributed by atoms with E-state index in [1.807, 2.05) is 24.3 Å². The zero-order chi connectivity index (χ0) is 19.3. The van der Waals surface area contributed by atoms with E-state index in [4.69, 9.17) is 14.2 Å². The molecular weight excluding hydrogens is 360 g/mol. The fourth-order valence-corrected chi connectivity index (χ4v) is 2.75. The van der Waals surface area contributed by atoms with Crippen molar-refractivity contribution in [2.24, 2.45) is 0 Å². The molecule has 2 N–H and O–H groups in total. The summed E-state index contributed by atoms with van der Waals surface area (Å²) in [7, 11) is 1.63. The summed E-state index contributed by atoms with van der Waals surface area (Å²) in [6, 6.07) is 16.2. The molecule has 0 bridgehead atoms. The van der Waals surface area contributed by atoms with Gasteiger partial charge in [-0.15, -0.1) is 10.2 Å². The van der Waals surface area contributed by atoms with Gasteiger partial charge in [0.1, 0.15) is 11.6 Å². The Morgan fingerprint density at radius 2 is 1.93 bits per heavy atom. The third-order valence-corrected chi connectivity index (χ3v) is 4.18. The van der Waals surface area contributed by atoms with Gasteiger partial charge in [0.05, 0.1) is 7.11 Å². The first-order valence-corrected chi connectivity index (χ1v) is 8.63. The van der Waals surface area contributed by atoms with E-state index in [1.54, 1.807) is 37.4 Å². The largest absolute Gasteiger partial charge is 0.496 e. The number of nitrogens with zero attached hydrogens (tertiary/aromatic N) is 2. The van der Waals surface area contributed by atoms with Crippen LogP contribution in [-0.2, 0) is 6.54 Å². The molecule has 1 aliphatic rings. The van der Waals surface area contributed by atoms with E-state index in [-0.39, 0.29) is 18.4 Å². The first-order valence-electron chi connectivity index (χ1n) is 8.63. The molecule has 1 aliphatic heterocycles. The number of hydrogen-bond acceptors (Lipinski definition) is 7. The molecule has 0 radical (unpaired) electrons. The molecule has 28 heavy (non-hydrogen) atoms. The Morgan fingerprint density at radius 3 is 2.75 bits per heavy atom. The van der Waals surface area contributed by atoms with Crippen LogP contribution in [0.3, 0.4) is 0 Å². The highest BCUT2D eigenvalue weighted by atomic mass is 16.7. The SMILES string of the molecule is COc1ccccc1CNc1ccc(C(=O)Nc2ccc3c(c2)OCO3)nn1. The molecule has 0 fully saturated rings. The first kappa shape index (κ1) is 17.6. The molecule has 2 heterocycles. The van der Waals surface area contributed by atoms with Crippen LogP contribution in [-0.4, -0.2) is 30.0 Å². The summed E-state index contributed by atoms with van der Waals surface area (Å²) in [5.74, 6) is 2.25. The topological polar surface area (TPSA) is 94.6 Å². The van der Waals surface area contributed by atoms with Crippen LogP contribution in [0.1, 0.15) is 16.1 Å². The normalized spacial score (nSPS) is 11.8. The number of ether oxygens (including phenoxy) is 3. The van der Waals surface area contributed by atoms with Gasteiger partial charge in [0, 0.05) is 23.9 Å². The Kier molecular flexibility index (Phi) is 4.92. The predicted octanol–water partition coefficient (Wildman–Crippen LogP) is 3.08. The van der Waals surface area contributed by atoms with Gasteiger partial charge in [-0.25, -0.2) is 0 Å². The van der Waals surface area contributed by atoms with Gasteiger partial charge in [-0.2, -0.15) is 0 Å². The van der Waals surface area contributed by atoms with Gasteiger partial charge in [0.25, 0.3) is 5.91 Å². The Hall–Kier alpha value is -3.81. The molecule has 0 unspecified atom stereocenters. The fraction of sp³-hybridized carbons (Fsp3) is 0.150. The number of benzene rings is 2. The molecule has 2 aromatic carbocycles. The summed E-state index contributed by atoms with van der Waals surface area (Å²) in [5, 5.41) is 14.0. The number of fused-ring (bicyclic) bond motifs is 1. The lowest BCUT2D eigenvalue weighted by atomic mass is 10.2. The van der Waals surface area contributed by atoms with E-state index < -0.39 is 0 Å². The van der Waals surface area contributed by atoms with E-state index in [2.05, 4.69) is 20.8 Å². The number of nitrogens with one attached hydrogen (secondary N) is 2. The van der Waals surface area contributed by atoms with Gasteiger partial charge < -0.3 is 24.8 Å². The van der Waals surface area contributed by atoms with Gasteiger partial charge >= 0.3 is 0 Å². The van der Waals surface area contributed by atoms with Crippen LogP contribution >= 0.6 is 0 Å². The molecule has 1 aromatic heterocycles. The van der Waals surface area contributed by atoms with Gasteiger partial charge in [-0.3, -0.25) is 4.79 Å². The summed E-state index contributed by atoms with van der Waals surface area (Å²) in [5.41, 5.74) is 1.80. The van der Waals surface area contributed by atoms with Crippen LogP contribution in [0.25, 0.3) is 0 Å². The zero-order valence-corrected chi connectivity index (χ0v) is 15.1. The lowest BCUT2D eigenvalue weighted by Crippen LogP contribution is -2.15. The standard InChI is InChI=1S/C20H18N4O4/c1-26-16-5-3-2-4-13(16)11-21-19-9-7-15(23-24-19)20(25)22-14-6-8-17-18(10-14)28-12-27-17/h2-10H,11-12H2,1H3,(H,21,24)(H,22,25). The highest BCUT2D eigenvalue weighted by Gasteiger charge is 2.15. The highest BCUT2D eigenvalue weighted by molar-refractivity contribution is 6.03. The molecular formula is C20H18N4O4. The van der Waals surface area contributed by atoms with Crippen molar-refractivity contribution < 1.29 is 19.0 Å². The van der Waals surface area contributed by atoms with Crippen LogP contribution < -0.4 is 24.8 Å². The van der Waals surface area contributed by atoms with Crippen molar-refractivity contribution in [2.45, 2.75) is 6.54 Å². The molecule has 1 amide bonds. The Bertz CT molecular complexity index is 992. The van der Waals surface area contributed by atoms with Gasteiger partial charge in [0.15, 0.2) is 17.2 Å². The Balaban J connectivity index is 1.38. The number of amides is 1. The van der Waals surface area contributed by atoms with E-state index in [1.165, 1.54) is 0 Å². The van der Waals surface area contributed by atoms with Crippen molar-refractivity contribution in [3.8, 4) is 17.2 Å². The van der Waals surface area contributed by atoms with Crippen LogP contribution in [0, 0.1) is 0 Å². The lowest BCUT2D eigenvalue weighted by molar-refractivity contribution is 0.102. The molecule has 0 saturated heterocycles. The number of rotatable bonds is 6. The lowest BCUT2D eigenvalue weighted by Gasteiger charge is -2.10. The number of aromatic nitrogens is 2. The van der Waals surface area contributed by atoms with E-state index >= 15 is 0 Å². The minimum atomic E-state index is -0.359. The van der Waals surface area contributed by atoms with Gasteiger partial charge in [0.2, 0.25) is 6.79 Å². The number of hydrogen-bond donors (Lipinski definition) is 2. The minimum absolute atomic E-state index is 0.182. The number of para-hydroxylation sites is 1. The second-order valence-corrected chi connectivity index (χ2v) is 5.99. The molecule has 0 aliphatic carbocycles. The number of carbonyl (C=O) groups is 1. The molecule has 8 heteroatoms. The van der Waals surface area contributed by atoms with Crippen molar-refractivity contribution in [3.63, 3.8) is 0 Å². The van der Waals surface area contributed by atoms with E-state index in [0.717, 1.165) is 11.3 Å². The van der Waals surface area contributed by atoms with Crippen molar-refractivity contribution in [2.75, 3.05) is 24.5 Å². The van der Waals surface area contributed by atoms with E-state index in [0.29, 0.717) is 29.5 Å². The second-order valence-electron chi connectivity index (χ2n) is 5.99. The molecule has 0 saturated carbocycles. The average molecular weight is 378 g/mol. The smallest absolute Gasteiger partial charge is 0.276 e. The third-order valence-electron chi connectivity index (χ3n) is 4.18. The van der Waals surface area contributed by atoms with Crippen molar-refractivity contribution >= 4 is 17.4 Å². The second kappa shape index (κ2) is 7.83. The Labute approximate surface area is 161 Å². The molecule has 3 aromatic rings. The molecule has 0 spiro atoms. The molecule has 142 valence electrons. The van der Waals surface area contributed by atoms with Gasteiger partial charge in [-0.05, 0) is 30.3 Å². The summed E-state index contributed by atoms with van der Waals surface area (Å²) < 4.78 is 15.9. The monoisotopic (exact) mass is 378 g/mol. The van der Waals surface area contributed by atoms with Crippen LogP contribution in [0.15, 0.2) is 54.6 Å². The van der Waals surface area contributed by atoms with Crippen molar-refractivity contribution in [1.29, 1.82) is 0 Å². The quantitative estimate of drug-likeness (QED) is 0.681. The molecule has 8 nitrogen and oxygen atoms in total. The number of methoxy groups -OCH3 is 1. The zero-order valence-electron chi connectivity index (χ0n) is 15.1. The molecule has 4 rings (SSSR count). The third kappa shape index (κ3) is 3.80. The summed E-state index contributed by atoms with van der Waals surface area (Å²) in [4.78, 5) is 12.4. The summed E-state index contributed by atoms with van der Waals surface area (Å²) in [6.45, 7) is 0.711. The maximum Gasteiger partial charge on any atom is 0.276 e. The van der Waals surface area contributed by atoms with Crippen molar-refractivity contribution in [1.82, 2.24) is 10.2 Å². The number of anilines is 2. The predicted molar refractivity (Wildman–Crippen MR) is 103 cm³/mol. The van der Waals surface area contributed by atoms with Crippen molar-refractivity contribution in [3.05, 3.63) is 65.9 Å². The fourth-order valence-electron chi connectivity index (χ4n) is 2.75. The first-order chi connectivity index (χ1) is 13.7. The average Bonchev–Trinajstić information content (AvgIpc) is 3.20. The maximum atomic E-state index is 12.4. The van der Waals surface area contributed by atoms with Crippen LogP contribution in [0.4, 0.5) is 11.5 Å².